The van der Waals surface area contributed by atoms with Crippen molar-refractivity contribution in [2.75, 3.05) is 0 Å². The average molecular weight is 343 g/mol. The topological polar surface area (TPSA) is 66.4 Å². The molecule has 0 aliphatic heterocycles. The number of thiophene rings is 1. The van der Waals surface area contributed by atoms with Gasteiger partial charge in [-0.1, -0.05) is 30.3 Å². The number of aliphatic carboxylic acids is 1. The van der Waals surface area contributed by atoms with Crippen LogP contribution in [0.2, 0.25) is 0 Å². The lowest BCUT2D eigenvalue weighted by molar-refractivity contribution is -0.137. The van der Waals surface area contributed by atoms with Gasteiger partial charge in [-0.2, -0.15) is 0 Å². The van der Waals surface area contributed by atoms with E-state index in [2.05, 4.69) is 23.7 Å². The van der Waals surface area contributed by atoms with Crippen LogP contribution in [-0.2, 0) is 9.59 Å². The maximum atomic E-state index is 12.6. The van der Waals surface area contributed by atoms with Gasteiger partial charge in [-0.25, -0.2) is 0 Å². The maximum Gasteiger partial charge on any atom is 0.303 e. The van der Waals surface area contributed by atoms with Gasteiger partial charge in [-0.05, 0) is 42.3 Å². The highest BCUT2D eigenvalue weighted by atomic mass is 32.1. The van der Waals surface area contributed by atoms with Crippen molar-refractivity contribution in [3.05, 3.63) is 57.8 Å². The van der Waals surface area contributed by atoms with E-state index in [1.807, 2.05) is 30.3 Å². The van der Waals surface area contributed by atoms with Crippen molar-refractivity contribution < 1.29 is 14.7 Å². The number of aryl methyl sites for hydroxylation is 1. The molecule has 1 amide bonds. The smallest absolute Gasteiger partial charge is 0.303 e. The second-order valence-electron chi connectivity index (χ2n) is 6.32. The third-order valence-corrected chi connectivity index (χ3v) is 5.68. The molecule has 0 saturated heterocycles. The summed E-state index contributed by atoms with van der Waals surface area (Å²) in [6.45, 7) is 2.08. The van der Waals surface area contributed by atoms with Crippen molar-refractivity contribution in [3.63, 3.8) is 0 Å². The Kier molecular flexibility index (Phi) is 5.00. The van der Waals surface area contributed by atoms with E-state index in [9.17, 15) is 9.59 Å². The summed E-state index contributed by atoms with van der Waals surface area (Å²) in [5.74, 6) is -0.477. The van der Waals surface area contributed by atoms with Gasteiger partial charge in [-0.3, -0.25) is 9.59 Å². The molecule has 1 aliphatic carbocycles. The Bertz CT molecular complexity index is 725. The van der Waals surface area contributed by atoms with Crippen molar-refractivity contribution >= 4 is 23.2 Å². The minimum absolute atomic E-state index is 0.0124. The molecule has 1 heterocycles. The zero-order valence-corrected chi connectivity index (χ0v) is 14.4. The van der Waals surface area contributed by atoms with Gasteiger partial charge in [0.2, 0.25) is 5.91 Å². The highest BCUT2D eigenvalue weighted by Crippen LogP contribution is 2.50. The molecular formula is C19H21NO3S. The van der Waals surface area contributed by atoms with Crippen LogP contribution < -0.4 is 5.32 Å². The Morgan fingerprint density at radius 1 is 1.29 bits per heavy atom. The molecule has 0 radical (unpaired) electrons. The molecule has 1 aromatic heterocycles. The van der Waals surface area contributed by atoms with Crippen LogP contribution in [0.4, 0.5) is 0 Å². The summed E-state index contributed by atoms with van der Waals surface area (Å²) in [7, 11) is 0. The molecule has 24 heavy (non-hydrogen) atoms. The van der Waals surface area contributed by atoms with Gasteiger partial charge < -0.3 is 10.4 Å². The first kappa shape index (κ1) is 16.7. The number of amides is 1. The van der Waals surface area contributed by atoms with Crippen molar-refractivity contribution in [1.82, 2.24) is 5.32 Å². The minimum atomic E-state index is -0.844. The summed E-state index contributed by atoms with van der Waals surface area (Å²) >= 11 is 1.71. The summed E-state index contributed by atoms with van der Waals surface area (Å²) in [4.78, 5) is 24.8. The second kappa shape index (κ2) is 7.18. The fraction of sp³-hybridized carbons (Fsp3) is 0.368. The summed E-state index contributed by atoms with van der Waals surface area (Å²) in [5.41, 5.74) is 2.21. The molecule has 5 heteroatoms. The number of nitrogens with one attached hydrogen (secondary N) is 1. The van der Waals surface area contributed by atoms with E-state index < -0.39 is 5.97 Å². The van der Waals surface area contributed by atoms with E-state index in [0.29, 0.717) is 12.3 Å². The SMILES string of the molecule is Cc1ccsc1C1CC1C(=O)NC(CCC(=O)O)c1ccccc1. The molecule has 126 valence electrons. The second-order valence-corrected chi connectivity index (χ2v) is 7.27. The molecule has 3 unspecified atom stereocenters. The lowest BCUT2D eigenvalue weighted by Gasteiger charge is -2.18. The van der Waals surface area contributed by atoms with Crippen LogP contribution in [-0.4, -0.2) is 17.0 Å². The number of hydrogen-bond acceptors (Lipinski definition) is 3. The summed E-state index contributed by atoms with van der Waals surface area (Å²) in [6, 6.07) is 11.4. The third-order valence-electron chi connectivity index (χ3n) is 4.53. The van der Waals surface area contributed by atoms with Crippen LogP contribution >= 0.6 is 11.3 Å². The van der Waals surface area contributed by atoms with Crippen LogP contribution in [0.15, 0.2) is 41.8 Å². The number of hydrogen-bond donors (Lipinski definition) is 2. The molecule has 2 aromatic rings. The molecule has 1 aromatic carbocycles. The van der Waals surface area contributed by atoms with Gasteiger partial charge in [-0.15, -0.1) is 11.3 Å². The fourth-order valence-electron chi connectivity index (χ4n) is 3.09. The number of carbonyl (C=O) groups excluding carboxylic acids is 1. The predicted molar refractivity (Wildman–Crippen MR) is 94.1 cm³/mol. The molecule has 3 rings (SSSR count). The van der Waals surface area contributed by atoms with Crippen LogP contribution in [0, 0.1) is 12.8 Å². The van der Waals surface area contributed by atoms with E-state index >= 15 is 0 Å². The standard InChI is InChI=1S/C19H21NO3S/c1-12-9-10-24-18(12)14-11-15(14)19(23)20-16(7-8-17(21)22)13-5-3-2-4-6-13/h2-6,9-10,14-16H,7-8,11H2,1H3,(H,20,23)(H,21,22). The summed E-state index contributed by atoms with van der Waals surface area (Å²) in [6.07, 6.45) is 1.33. The number of carboxylic acids is 1. The van der Waals surface area contributed by atoms with Gasteiger partial charge in [0.15, 0.2) is 0 Å². The highest BCUT2D eigenvalue weighted by Gasteiger charge is 2.45. The summed E-state index contributed by atoms with van der Waals surface area (Å²) < 4.78 is 0. The average Bonchev–Trinajstić information content (AvgIpc) is 3.26. The van der Waals surface area contributed by atoms with E-state index in [1.54, 1.807) is 11.3 Å². The monoisotopic (exact) mass is 343 g/mol. The molecule has 1 saturated carbocycles. The zero-order valence-electron chi connectivity index (χ0n) is 13.6. The maximum absolute atomic E-state index is 12.6. The summed E-state index contributed by atoms with van der Waals surface area (Å²) in [5, 5.41) is 14.1. The van der Waals surface area contributed by atoms with Crippen LogP contribution in [0.1, 0.15) is 47.2 Å². The molecule has 2 N–H and O–H groups in total. The van der Waals surface area contributed by atoms with Gasteiger partial charge in [0.25, 0.3) is 0 Å². The third kappa shape index (κ3) is 3.85. The largest absolute Gasteiger partial charge is 0.481 e. The van der Waals surface area contributed by atoms with E-state index in [4.69, 9.17) is 5.11 Å². The van der Waals surface area contributed by atoms with Gasteiger partial charge in [0.05, 0.1) is 6.04 Å². The van der Waals surface area contributed by atoms with E-state index in [1.165, 1.54) is 10.4 Å². The van der Waals surface area contributed by atoms with Crippen molar-refractivity contribution in [3.8, 4) is 0 Å². The molecule has 3 atom stereocenters. The quantitative estimate of drug-likeness (QED) is 0.802. The molecule has 0 bridgehead atoms. The lowest BCUT2D eigenvalue weighted by atomic mass is 10.0. The van der Waals surface area contributed by atoms with Crippen molar-refractivity contribution in [1.29, 1.82) is 0 Å². The normalized spacial score (nSPS) is 20.4. The Morgan fingerprint density at radius 2 is 2.04 bits per heavy atom. The van der Waals surface area contributed by atoms with Gasteiger partial charge in [0, 0.05) is 23.1 Å². The predicted octanol–water partition coefficient (Wildman–Crippen LogP) is 3.88. The Labute approximate surface area is 145 Å². The molecule has 1 fully saturated rings. The highest BCUT2D eigenvalue weighted by molar-refractivity contribution is 7.10. The number of rotatable bonds is 7. The van der Waals surface area contributed by atoms with Gasteiger partial charge >= 0.3 is 5.97 Å². The number of benzene rings is 1. The first-order valence-electron chi connectivity index (χ1n) is 8.17. The van der Waals surface area contributed by atoms with Crippen LogP contribution in [0.25, 0.3) is 0 Å². The minimum Gasteiger partial charge on any atom is -0.481 e. The first-order valence-corrected chi connectivity index (χ1v) is 9.05. The van der Waals surface area contributed by atoms with Crippen molar-refractivity contribution in [2.24, 2.45) is 5.92 Å². The Morgan fingerprint density at radius 3 is 2.67 bits per heavy atom. The number of carboxylic acid groups (broad SMARTS) is 1. The molecule has 4 nitrogen and oxygen atoms in total. The zero-order chi connectivity index (χ0) is 17.1. The van der Waals surface area contributed by atoms with Crippen LogP contribution in [0.3, 0.4) is 0 Å². The van der Waals surface area contributed by atoms with E-state index in [-0.39, 0.29) is 24.3 Å². The van der Waals surface area contributed by atoms with Crippen LogP contribution in [0.5, 0.6) is 0 Å². The molecule has 1 aliphatic rings. The lowest BCUT2D eigenvalue weighted by Crippen LogP contribution is -2.30. The molecular weight excluding hydrogens is 322 g/mol. The van der Waals surface area contributed by atoms with Gasteiger partial charge in [0.1, 0.15) is 0 Å². The van der Waals surface area contributed by atoms with E-state index in [0.717, 1.165) is 12.0 Å². The first-order chi connectivity index (χ1) is 11.6. The van der Waals surface area contributed by atoms with Crippen molar-refractivity contribution in [2.45, 2.75) is 38.1 Å². The molecule has 0 spiro atoms. The Hall–Kier alpha value is -2.14. The fourth-order valence-corrected chi connectivity index (χ4v) is 4.20. The number of carbonyl (C=O) groups is 2. The Balaban J connectivity index is 1.65.